The lowest BCUT2D eigenvalue weighted by Crippen LogP contribution is -2.35. The van der Waals surface area contributed by atoms with Crippen molar-refractivity contribution < 1.29 is 23.9 Å². The predicted octanol–water partition coefficient (Wildman–Crippen LogP) is 2.46. The van der Waals surface area contributed by atoms with Crippen LogP contribution in [0.3, 0.4) is 0 Å². The number of carbonyl (C=O) groups is 4. The number of amides is 3. The molecule has 1 aromatic carbocycles. The van der Waals surface area contributed by atoms with Gasteiger partial charge in [-0.15, -0.1) is 0 Å². The maximum Gasteiger partial charge on any atom is 0.308 e. The summed E-state index contributed by atoms with van der Waals surface area (Å²) >= 11 is 0. The number of hydrogen-bond acceptors (Lipinski definition) is 5. The second-order valence-corrected chi connectivity index (χ2v) is 7.41. The Morgan fingerprint density at radius 1 is 1.10 bits per heavy atom. The quantitative estimate of drug-likeness (QED) is 0.433. The first-order valence-corrected chi connectivity index (χ1v) is 10.00. The number of imide groups is 1. The molecular weight excluding hydrogens is 372 g/mol. The minimum atomic E-state index is -0.981. The van der Waals surface area contributed by atoms with Gasteiger partial charge < -0.3 is 10.1 Å². The van der Waals surface area contributed by atoms with Crippen molar-refractivity contribution in [3.8, 4) is 0 Å². The van der Waals surface area contributed by atoms with Gasteiger partial charge in [0.2, 0.25) is 11.8 Å². The van der Waals surface area contributed by atoms with E-state index in [1.165, 1.54) is 6.92 Å². The molecule has 1 fully saturated rings. The highest BCUT2D eigenvalue weighted by molar-refractivity contribution is 6.05. The molecule has 154 valence electrons. The van der Waals surface area contributed by atoms with Crippen LogP contribution in [-0.2, 0) is 30.3 Å². The fourth-order valence-corrected chi connectivity index (χ4v) is 3.67. The molecule has 1 aromatic rings. The fraction of sp³-hybridized carbons (Fsp3) is 0.455. The minimum absolute atomic E-state index is 0.0175. The van der Waals surface area contributed by atoms with E-state index in [-0.39, 0.29) is 36.6 Å². The molecule has 0 spiro atoms. The summed E-state index contributed by atoms with van der Waals surface area (Å²) in [6.07, 6.45) is 4.75. The van der Waals surface area contributed by atoms with Crippen molar-refractivity contribution in [3.05, 3.63) is 42.0 Å². The van der Waals surface area contributed by atoms with Gasteiger partial charge in [0.15, 0.2) is 6.10 Å². The SMILES string of the molecule is CCc1ccc(NC(=O)[C@H](C)OC(=O)CCN2C(=O)[C@H]3CC=CC[C@@H]3C2=O)cc1. The van der Waals surface area contributed by atoms with E-state index in [1.54, 1.807) is 12.1 Å². The van der Waals surface area contributed by atoms with Crippen molar-refractivity contribution in [2.45, 2.75) is 45.6 Å². The topological polar surface area (TPSA) is 92.8 Å². The fourth-order valence-electron chi connectivity index (χ4n) is 3.67. The average molecular weight is 398 g/mol. The molecule has 0 unspecified atom stereocenters. The van der Waals surface area contributed by atoms with Gasteiger partial charge in [0.25, 0.3) is 5.91 Å². The average Bonchev–Trinajstić information content (AvgIpc) is 2.97. The van der Waals surface area contributed by atoms with Gasteiger partial charge in [-0.3, -0.25) is 24.1 Å². The Kier molecular flexibility index (Phi) is 6.46. The normalized spacial score (nSPS) is 21.7. The molecule has 0 bridgehead atoms. The highest BCUT2D eigenvalue weighted by Crippen LogP contribution is 2.35. The van der Waals surface area contributed by atoms with Crippen LogP contribution in [0.1, 0.15) is 38.7 Å². The van der Waals surface area contributed by atoms with Crippen LogP contribution in [0.15, 0.2) is 36.4 Å². The predicted molar refractivity (Wildman–Crippen MR) is 107 cm³/mol. The van der Waals surface area contributed by atoms with E-state index in [2.05, 4.69) is 5.32 Å². The molecule has 0 radical (unpaired) electrons. The van der Waals surface area contributed by atoms with E-state index in [0.717, 1.165) is 16.9 Å². The van der Waals surface area contributed by atoms with Crippen molar-refractivity contribution >= 4 is 29.4 Å². The molecule has 1 aliphatic carbocycles. The van der Waals surface area contributed by atoms with Crippen LogP contribution >= 0.6 is 0 Å². The lowest BCUT2D eigenvalue weighted by molar-refractivity contribution is -0.154. The number of hydrogen-bond donors (Lipinski definition) is 1. The Balaban J connectivity index is 1.46. The summed E-state index contributed by atoms with van der Waals surface area (Å²) in [5.74, 6) is -2.13. The zero-order valence-electron chi connectivity index (χ0n) is 16.7. The smallest absolute Gasteiger partial charge is 0.308 e. The third-order valence-electron chi connectivity index (χ3n) is 5.45. The lowest BCUT2D eigenvalue weighted by Gasteiger charge is -2.16. The van der Waals surface area contributed by atoms with Gasteiger partial charge in [-0.05, 0) is 43.9 Å². The van der Waals surface area contributed by atoms with E-state index < -0.39 is 18.0 Å². The number of aryl methyl sites for hydroxylation is 1. The Labute approximate surface area is 170 Å². The van der Waals surface area contributed by atoms with Gasteiger partial charge in [0.1, 0.15) is 0 Å². The number of rotatable bonds is 7. The molecule has 1 heterocycles. The van der Waals surface area contributed by atoms with Gasteiger partial charge in [-0.1, -0.05) is 31.2 Å². The van der Waals surface area contributed by atoms with Gasteiger partial charge in [0.05, 0.1) is 18.3 Å². The summed E-state index contributed by atoms with van der Waals surface area (Å²) in [6.45, 7) is 3.51. The summed E-state index contributed by atoms with van der Waals surface area (Å²) in [6, 6.07) is 7.43. The van der Waals surface area contributed by atoms with Gasteiger partial charge in [0, 0.05) is 12.2 Å². The first-order valence-electron chi connectivity index (χ1n) is 10.00. The van der Waals surface area contributed by atoms with Crippen molar-refractivity contribution in [3.63, 3.8) is 0 Å². The van der Waals surface area contributed by atoms with Crippen LogP contribution in [0.2, 0.25) is 0 Å². The molecule has 0 aromatic heterocycles. The van der Waals surface area contributed by atoms with Crippen LogP contribution in [-0.4, -0.2) is 41.2 Å². The van der Waals surface area contributed by atoms with Gasteiger partial charge in [-0.2, -0.15) is 0 Å². The highest BCUT2D eigenvalue weighted by atomic mass is 16.5. The van der Waals surface area contributed by atoms with E-state index in [9.17, 15) is 19.2 Å². The zero-order valence-corrected chi connectivity index (χ0v) is 16.7. The van der Waals surface area contributed by atoms with Crippen molar-refractivity contribution in [2.24, 2.45) is 11.8 Å². The molecule has 0 saturated carbocycles. The largest absolute Gasteiger partial charge is 0.452 e. The molecule has 2 aliphatic rings. The third-order valence-corrected chi connectivity index (χ3v) is 5.45. The summed E-state index contributed by atoms with van der Waals surface area (Å²) < 4.78 is 5.17. The molecular formula is C22H26N2O5. The van der Waals surface area contributed by atoms with E-state index in [0.29, 0.717) is 18.5 Å². The molecule has 3 rings (SSSR count). The number of esters is 1. The van der Waals surface area contributed by atoms with Gasteiger partial charge >= 0.3 is 5.97 Å². The number of fused-ring (bicyclic) bond motifs is 1. The molecule has 3 atom stereocenters. The Hall–Kier alpha value is -2.96. The summed E-state index contributed by atoms with van der Waals surface area (Å²) in [7, 11) is 0. The molecule has 3 amide bonds. The number of nitrogens with zero attached hydrogens (tertiary/aromatic N) is 1. The number of anilines is 1. The molecule has 1 N–H and O–H groups in total. The number of ether oxygens (including phenoxy) is 1. The second-order valence-electron chi connectivity index (χ2n) is 7.41. The maximum absolute atomic E-state index is 12.4. The van der Waals surface area contributed by atoms with Crippen LogP contribution in [0.5, 0.6) is 0 Å². The molecule has 7 nitrogen and oxygen atoms in total. The zero-order chi connectivity index (χ0) is 21.0. The van der Waals surface area contributed by atoms with Crippen molar-refractivity contribution in [1.29, 1.82) is 0 Å². The summed E-state index contributed by atoms with van der Waals surface area (Å²) in [5.41, 5.74) is 1.78. The van der Waals surface area contributed by atoms with Crippen LogP contribution in [0.4, 0.5) is 5.69 Å². The lowest BCUT2D eigenvalue weighted by atomic mass is 9.85. The molecule has 29 heavy (non-hydrogen) atoms. The Morgan fingerprint density at radius 3 is 2.24 bits per heavy atom. The Morgan fingerprint density at radius 2 is 1.69 bits per heavy atom. The highest BCUT2D eigenvalue weighted by Gasteiger charge is 2.47. The summed E-state index contributed by atoms with van der Waals surface area (Å²) in [4.78, 5) is 50.3. The molecule has 1 saturated heterocycles. The number of benzene rings is 1. The van der Waals surface area contributed by atoms with Crippen LogP contribution in [0.25, 0.3) is 0 Å². The summed E-state index contributed by atoms with van der Waals surface area (Å²) in [5, 5.41) is 2.70. The standard InChI is InChI=1S/C22H26N2O5/c1-3-15-8-10-16(11-9-15)23-20(26)14(2)29-19(25)12-13-24-21(27)17-6-4-5-7-18(17)22(24)28/h4-5,8-11,14,17-18H,3,6-7,12-13H2,1-2H3,(H,23,26)/t14-,17-,18-/m0/s1. The molecule has 7 heteroatoms. The Bertz CT molecular complexity index is 804. The van der Waals surface area contributed by atoms with E-state index in [1.807, 2.05) is 31.2 Å². The van der Waals surface area contributed by atoms with E-state index in [4.69, 9.17) is 4.74 Å². The first kappa shape index (κ1) is 20.8. The maximum atomic E-state index is 12.4. The van der Waals surface area contributed by atoms with Gasteiger partial charge in [-0.25, -0.2) is 0 Å². The van der Waals surface area contributed by atoms with E-state index >= 15 is 0 Å². The number of nitrogens with one attached hydrogen (secondary N) is 1. The second kappa shape index (κ2) is 9.03. The third kappa shape index (κ3) is 4.72. The van der Waals surface area contributed by atoms with Crippen LogP contribution < -0.4 is 5.32 Å². The monoisotopic (exact) mass is 398 g/mol. The number of allylic oxidation sites excluding steroid dienone is 2. The molecule has 1 aliphatic heterocycles. The number of likely N-dealkylation sites (tertiary alicyclic amines) is 1. The number of carbonyl (C=O) groups excluding carboxylic acids is 4. The minimum Gasteiger partial charge on any atom is -0.452 e. The van der Waals surface area contributed by atoms with Crippen molar-refractivity contribution in [1.82, 2.24) is 4.90 Å². The first-order chi connectivity index (χ1) is 13.9. The van der Waals surface area contributed by atoms with Crippen molar-refractivity contribution in [2.75, 3.05) is 11.9 Å². The van der Waals surface area contributed by atoms with Crippen LogP contribution in [0, 0.1) is 11.8 Å².